The van der Waals surface area contributed by atoms with Gasteiger partial charge in [-0.2, -0.15) is 4.31 Å². The van der Waals surface area contributed by atoms with Gasteiger partial charge in [0.15, 0.2) is 0 Å². The van der Waals surface area contributed by atoms with E-state index >= 15 is 0 Å². The van der Waals surface area contributed by atoms with Crippen molar-refractivity contribution in [3.63, 3.8) is 0 Å². The number of sulfonamides is 1. The van der Waals surface area contributed by atoms with Crippen molar-refractivity contribution in [1.82, 2.24) is 4.31 Å². The normalized spacial score (nSPS) is 15.9. The number of nitrogens with two attached hydrogens (primary N) is 1. The highest BCUT2D eigenvalue weighted by Crippen LogP contribution is 2.31. The second-order valence-electron chi connectivity index (χ2n) is 4.33. The van der Waals surface area contributed by atoms with Gasteiger partial charge < -0.3 is 5.73 Å². The van der Waals surface area contributed by atoms with Gasteiger partial charge in [0.25, 0.3) is 0 Å². The second kappa shape index (κ2) is 4.95. The summed E-state index contributed by atoms with van der Waals surface area (Å²) in [4.78, 5) is 0.574. The zero-order chi connectivity index (χ0) is 13.3. The van der Waals surface area contributed by atoms with E-state index in [0.717, 1.165) is 12.8 Å². The Morgan fingerprint density at radius 1 is 1.39 bits per heavy atom. The smallest absolute Gasteiger partial charge is 0.243 e. The Labute approximate surface area is 113 Å². The molecule has 0 radical (unpaired) electrons. The average Bonchev–Trinajstić information content (AvgIpc) is 3.14. The number of hydrogen-bond donors (Lipinski definition) is 1. The molecule has 1 saturated carbocycles. The standard InChI is InChI=1S/C12H16N2O2S2/c1-2-14(10-5-6-10)18(15,16)11-7-3-9(4-8-11)12(13)17/h3-4,7-8,10H,2,5-6H2,1H3,(H2,13,17). The largest absolute Gasteiger partial charge is 0.389 e. The maximum absolute atomic E-state index is 12.4. The van der Waals surface area contributed by atoms with Crippen molar-refractivity contribution in [2.45, 2.75) is 30.7 Å². The molecule has 98 valence electrons. The van der Waals surface area contributed by atoms with E-state index in [1.807, 2.05) is 6.92 Å². The van der Waals surface area contributed by atoms with Crippen LogP contribution < -0.4 is 5.73 Å². The summed E-state index contributed by atoms with van der Waals surface area (Å²) >= 11 is 4.84. The van der Waals surface area contributed by atoms with Crippen LogP contribution in [0.25, 0.3) is 0 Å². The van der Waals surface area contributed by atoms with E-state index in [2.05, 4.69) is 0 Å². The Balaban J connectivity index is 2.31. The third kappa shape index (κ3) is 2.55. The molecule has 4 nitrogen and oxygen atoms in total. The first-order valence-electron chi connectivity index (χ1n) is 5.88. The Bertz CT molecular complexity index is 548. The van der Waals surface area contributed by atoms with Gasteiger partial charge in [0.1, 0.15) is 4.99 Å². The first kappa shape index (κ1) is 13.5. The van der Waals surface area contributed by atoms with Crippen LogP contribution in [0.4, 0.5) is 0 Å². The lowest BCUT2D eigenvalue weighted by Crippen LogP contribution is -2.32. The van der Waals surface area contributed by atoms with Crippen LogP contribution in [0.2, 0.25) is 0 Å². The molecule has 1 fully saturated rings. The van der Waals surface area contributed by atoms with Crippen LogP contribution in [-0.4, -0.2) is 30.3 Å². The molecule has 1 aromatic rings. The van der Waals surface area contributed by atoms with Gasteiger partial charge in [0.05, 0.1) is 4.90 Å². The zero-order valence-corrected chi connectivity index (χ0v) is 11.8. The van der Waals surface area contributed by atoms with Crippen molar-refractivity contribution in [1.29, 1.82) is 0 Å². The van der Waals surface area contributed by atoms with Crippen LogP contribution in [0.1, 0.15) is 25.3 Å². The van der Waals surface area contributed by atoms with Crippen LogP contribution >= 0.6 is 12.2 Å². The number of nitrogens with zero attached hydrogens (tertiary/aromatic N) is 1. The van der Waals surface area contributed by atoms with E-state index in [4.69, 9.17) is 18.0 Å². The quantitative estimate of drug-likeness (QED) is 0.832. The minimum absolute atomic E-state index is 0.176. The van der Waals surface area contributed by atoms with E-state index in [-0.39, 0.29) is 11.0 Å². The zero-order valence-electron chi connectivity index (χ0n) is 10.2. The summed E-state index contributed by atoms with van der Waals surface area (Å²) in [6, 6.07) is 6.60. The lowest BCUT2D eigenvalue weighted by Gasteiger charge is -2.20. The molecule has 1 aliphatic carbocycles. The van der Waals surface area contributed by atoms with Crippen LogP contribution in [0.15, 0.2) is 29.2 Å². The highest BCUT2D eigenvalue weighted by molar-refractivity contribution is 7.89. The summed E-state index contributed by atoms with van der Waals surface area (Å²) < 4.78 is 26.3. The van der Waals surface area contributed by atoms with Crippen molar-refractivity contribution in [2.24, 2.45) is 5.73 Å². The van der Waals surface area contributed by atoms with E-state index in [0.29, 0.717) is 17.0 Å². The Morgan fingerprint density at radius 3 is 2.33 bits per heavy atom. The van der Waals surface area contributed by atoms with Gasteiger partial charge in [-0.25, -0.2) is 8.42 Å². The van der Waals surface area contributed by atoms with E-state index in [9.17, 15) is 8.42 Å². The highest BCUT2D eigenvalue weighted by atomic mass is 32.2. The van der Waals surface area contributed by atoms with E-state index in [1.165, 1.54) is 0 Å². The van der Waals surface area contributed by atoms with Crippen molar-refractivity contribution in [2.75, 3.05) is 6.54 Å². The molecule has 1 aromatic carbocycles. The fraction of sp³-hybridized carbons (Fsp3) is 0.417. The number of thiocarbonyl (C=S) groups is 1. The highest BCUT2D eigenvalue weighted by Gasteiger charge is 2.36. The SMILES string of the molecule is CCN(C1CC1)S(=O)(=O)c1ccc(C(N)=S)cc1. The minimum Gasteiger partial charge on any atom is -0.389 e. The molecule has 0 unspecified atom stereocenters. The van der Waals surface area contributed by atoms with Crippen LogP contribution in [0.5, 0.6) is 0 Å². The molecule has 1 aliphatic rings. The van der Waals surface area contributed by atoms with Gasteiger partial charge >= 0.3 is 0 Å². The molecule has 0 bridgehead atoms. The summed E-state index contributed by atoms with van der Waals surface area (Å²) in [6.45, 7) is 2.36. The lowest BCUT2D eigenvalue weighted by molar-refractivity contribution is 0.421. The van der Waals surface area contributed by atoms with Gasteiger partial charge in [0, 0.05) is 18.2 Å². The molecule has 18 heavy (non-hydrogen) atoms. The molecular weight excluding hydrogens is 268 g/mol. The molecule has 2 rings (SSSR count). The first-order chi connectivity index (χ1) is 8.46. The molecule has 0 aliphatic heterocycles. The first-order valence-corrected chi connectivity index (χ1v) is 7.73. The Kier molecular flexibility index (Phi) is 3.70. The van der Waals surface area contributed by atoms with Crippen molar-refractivity contribution in [3.8, 4) is 0 Å². The maximum Gasteiger partial charge on any atom is 0.243 e. The van der Waals surface area contributed by atoms with Gasteiger partial charge in [-0.05, 0) is 25.0 Å². The fourth-order valence-corrected chi connectivity index (χ4v) is 3.74. The Hall–Kier alpha value is -0.980. The number of rotatable bonds is 5. The summed E-state index contributed by atoms with van der Waals surface area (Å²) in [5.41, 5.74) is 6.17. The van der Waals surface area contributed by atoms with Gasteiger partial charge in [0.2, 0.25) is 10.0 Å². The summed E-state index contributed by atoms with van der Waals surface area (Å²) in [7, 11) is -3.38. The fourth-order valence-electron chi connectivity index (χ4n) is 1.91. The van der Waals surface area contributed by atoms with Crippen LogP contribution in [0.3, 0.4) is 0 Å². The van der Waals surface area contributed by atoms with Gasteiger partial charge in [-0.3, -0.25) is 0 Å². The van der Waals surface area contributed by atoms with Crippen molar-refractivity contribution < 1.29 is 8.42 Å². The molecule has 6 heteroatoms. The topological polar surface area (TPSA) is 63.4 Å². The minimum atomic E-state index is -3.38. The van der Waals surface area contributed by atoms with Crippen LogP contribution in [-0.2, 0) is 10.0 Å². The summed E-state index contributed by atoms with van der Waals surface area (Å²) in [5, 5.41) is 0. The molecule has 0 heterocycles. The van der Waals surface area contributed by atoms with Crippen molar-refractivity contribution in [3.05, 3.63) is 29.8 Å². The molecule has 2 N–H and O–H groups in total. The second-order valence-corrected chi connectivity index (χ2v) is 6.66. The molecule has 0 saturated heterocycles. The monoisotopic (exact) mass is 284 g/mol. The molecule has 0 aromatic heterocycles. The Morgan fingerprint density at radius 2 is 1.94 bits per heavy atom. The number of hydrogen-bond acceptors (Lipinski definition) is 3. The summed E-state index contributed by atoms with van der Waals surface area (Å²) in [5.74, 6) is 0. The predicted octanol–water partition coefficient (Wildman–Crippen LogP) is 1.49. The maximum atomic E-state index is 12.4. The van der Waals surface area contributed by atoms with E-state index < -0.39 is 10.0 Å². The average molecular weight is 284 g/mol. The summed E-state index contributed by atoms with van der Waals surface area (Å²) in [6.07, 6.45) is 1.91. The van der Waals surface area contributed by atoms with Crippen molar-refractivity contribution >= 4 is 27.2 Å². The third-order valence-electron chi connectivity index (χ3n) is 3.01. The van der Waals surface area contributed by atoms with Gasteiger partial charge in [-0.15, -0.1) is 0 Å². The predicted molar refractivity (Wildman–Crippen MR) is 74.9 cm³/mol. The molecule has 0 amide bonds. The van der Waals surface area contributed by atoms with Gasteiger partial charge in [-0.1, -0.05) is 31.3 Å². The number of benzene rings is 1. The molecule has 0 spiro atoms. The van der Waals surface area contributed by atoms with Crippen LogP contribution in [0, 0.1) is 0 Å². The molecule has 0 atom stereocenters. The third-order valence-corrected chi connectivity index (χ3v) is 5.29. The lowest BCUT2D eigenvalue weighted by atomic mass is 10.2. The molecular formula is C12H16N2O2S2. The van der Waals surface area contributed by atoms with E-state index in [1.54, 1.807) is 28.6 Å².